The largest absolute Gasteiger partial charge is 0.395 e. The highest BCUT2D eigenvalue weighted by molar-refractivity contribution is 5.55. The Morgan fingerprint density at radius 3 is 2.67 bits per heavy atom. The lowest BCUT2D eigenvalue weighted by Crippen LogP contribution is -2.31. The predicted octanol–water partition coefficient (Wildman–Crippen LogP) is 1.32. The van der Waals surface area contributed by atoms with Crippen LogP contribution >= 0.6 is 0 Å². The average Bonchev–Trinajstić information content (AvgIpc) is 2.33. The van der Waals surface area contributed by atoms with Crippen molar-refractivity contribution in [1.29, 1.82) is 0 Å². The van der Waals surface area contributed by atoms with Crippen LogP contribution in [0, 0.1) is 5.82 Å². The molecule has 0 spiro atoms. The summed E-state index contributed by atoms with van der Waals surface area (Å²) in [4.78, 5) is 1.80. The van der Waals surface area contributed by atoms with Crippen LogP contribution in [-0.2, 0) is 4.74 Å². The topological polar surface area (TPSA) is 52.9 Å². The third kappa shape index (κ3) is 3.66. The Morgan fingerprint density at radius 1 is 1.39 bits per heavy atom. The summed E-state index contributed by atoms with van der Waals surface area (Å²) >= 11 is 0. The normalized spacial score (nSPS) is 12.5. The molecular weight excluding hydrogens is 237 g/mol. The van der Waals surface area contributed by atoms with E-state index < -0.39 is 11.9 Å². The second-order valence-electron chi connectivity index (χ2n) is 4.05. The van der Waals surface area contributed by atoms with E-state index >= 15 is 0 Å². The monoisotopic (exact) mass is 257 g/mol. The summed E-state index contributed by atoms with van der Waals surface area (Å²) in [7, 11) is 1.58. The molecule has 0 saturated heterocycles. The Balaban J connectivity index is 3.06. The second kappa shape index (κ2) is 7.31. The van der Waals surface area contributed by atoms with Crippen LogP contribution in [0.4, 0.5) is 10.1 Å². The Kier molecular flexibility index (Phi) is 6.04. The standard InChI is InChI=1S/C13H20FNO3/c1-10(17)13-11(14)4-3-5-12(13)15(6-8-16)7-9-18-2/h3-5,10,16-17H,6-9H2,1-2H3/t10-/m1/s1. The summed E-state index contributed by atoms with van der Waals surface area (Å²) in [5, 5.41) is 18.7. The third-order valence-electron chi connectivity index (χ3n) is 2.72. The van der Waals surface area contributed by atoms with Gasteiger partial charge in [-0.3, -0.25) is 0 Å². The number of methoxy groups -OCH3 is 1. The molecule has 2 N–H and O–H groups in total. The molecule has 1 atom stereocenters. The van der Waals surface area contributed by atoms with Crippen LogP contribution in [0.25, 0.3) is 0 Å². The van der Waals surface area contributed by atoms with E-state index in [9.17, 15) is 9.50 Å². The van der Waals surface area contributed by atoms with Crippen molar-refractivity contribution in [3.05, 3.63) is 29.6 Å². The number of anilines is 1. The maximum Gasteiger partial charge on any atom is 0.131 e. The van der Waals surface area contributed by atoms with Crippen molar-refractivity contribution in [2.45, 2.75) is 13.0 Å². The molecule has 0 aromatic heterocycles. The van der Waals surface area contributed by atoms with Gasteiger partial charge in [-0.15, -0.1) is 0 Å². The van der Waals surface area contributed by atoms with Gasteiger partial charge in [-0.25, -0.2) is 4.39 Å². The molecule has 0 bridgehead atoms. The lowest BCUT2D eigenvalue weighted by molar-refractivity contribution is 0.192. The first-order valence-electron chi connectivity index (χ1n) is 5.93. The zero-order valence-electron chi connectivity index (χ0n) is 10.8. The van der Waals surface area contributed by atoms with E-state index in [0.29, 0.717) is 25.4 Å². The zero-order valence-corrected chi connectivity index (χ0v) is 10.8. The van der Waals surface area contributed by atoms with Crippen molar-refractivity contribution in [3.8, 4) is 0 Å². The van der Waals surface area contributed by atoms with E-state index in [0.717, 1.165) is 0 Å². The van der Waals surface area contributed by atoms with E-state index in [1.54, 1.807) is 24.1 Å². The molecule has 1 aromatic rings. The molecule has 102 valence electrons. The molecule has 18 heavy (non-hydrogen) atoms. The Bertz CT molecular complexity index is 371. The van der Waals surface area contributed by atoms with Gasteiger partial charge in [0.05, 0.1) is 19.3 Å². The number of nitrogens with zero attached hydrogens (tertiary/aromatic N) is 1. The highest BCUT2D eigenvalue weighted by Gasteiger charge is 2.17. The molecule has 1 aromatic carbocycles. The molecule has 0 aliphatic heterocycles. The lowest BCUT2D eigenvalue weighted by atomic mass is 10.1. The quantitative estimate of drug-likeness (QED) is 0.773. The number of hydrogen-bond donors (Lipinski definition) is 2. The summed E-state index contributed by atoms with van der Waals surface area (Å²) in [5.41, 5.74) is 0.846. The summed E-state index contributed by atoms with van der Waals surface area (Å²) in [5.74, 6) is -0.442. The summed E-state index contributed by atoms with van der Waals surface area (Å²) in [6, 6.07) is 4.64. The van der Waals surface area contributed by atoms with Crippen molar-refractivity contribution in [2.75, 3.05) is 38.3 Å². The summed E-state index contributed by atoms with van der Waals surface area (Å²) in [6.45, 7) is 2.84. The van der Waals surface area contributed by atoms with Gasteiger partial charge in [-0.2, -0.15) is 0 Å². The van der Waals surface area contributed by atoms with Crippen LogP contribution < -0.4 is 4.90 Å². The average molecular weight is 257 g/mol. The predicted molar refractivity (Wildman–Crippen MR) is 68.2 cm³/mol. The molecule has 0 aliphatic rings. The fourth-order valence-corrected chi connectivity index (χ4v) is 1.89. The van der Waals surface area contributed by atoms with Crippen molar-refractivity contribution in [1.82, 2.24) is 0 Å². The van der Waals surface area contributed by atoms with Crippen LogP contribution in [0.2, 0.25) is 0 Å². The highest BCUT2D eigenvalue weighted by atomic mass is 19.1. The first-order chi connectivity index (χ1) is 8.61. The lowest BCUT2D eigenvalue weighted by Gasteiger charge is -2.27. The maximum absolute atomic E-state index is 13.7. The van der Waals surface area contributed by atoms with Gasteiger partial charge in [0.25, 0.3) is 0 Å². The van der Waals surface area contributed by atoms with Gasteiger partial charge in [0.1, 0.15) is 5.82 Å². The fourth-order valence-electron chi connectivity index (χ4n) is 1.89. The van der Waals surface area contributed by atoms with Crippen LogP contribution in [-0.4, -0.2) is 43.6 Å². The number of benzene rings is 1. The van der Waals surface area contributed by atoms with Crippen LogP contribution in [0.5, 0.6) is 0 Å². The number of aliphatic hydroxyl groups excluding tert-OH is 2. The Hall–Kier alpha value is -1.17. The molecule has 0 amide bonds. The molecule has 0 radical (unpaired) electrons. The van der Waals surface area contributed by atoms with Crippen molar-refractivity contribution < 1.29 is 19.3 Å². The van der Waals surface area contributed by atoms with Crippen LogP contribution in [0.3, 0.4) is 0 Å². The summed E-state index contributed by atoms with van der Waals surface area (Å²) < 4.78 is 18.7. The number of halogens is 1. The fraction of sp³-hybridized carbons (Fsp3) is 0.538. The van der Waals surface area contributed by atoms with E-state index in [2.05, 4.69) is 0 Å². The first kappa shape index (κ1) is 14.9. The van der Waals surface area contributed by atoms with Gasteiger partial charge in [0, 0.05) is 31.5 Å². The van der Waals surface area contributed by atoms with E-state index in [-0.39, 0.29) is 12.2 Å². The third-order valence-corrected chi connectivity index (χ3v) is 2.72. The van der Waals surface area contributed by atoms with Gasteiger partial charge >= 0.3 is 0 Å². The molecule has 1 rings (SSSR count). The van der Waals surface area contributed by atoms with E-state index in [4.69, 9.17) is 9.84 Å². The van der Waals surface area contributed by atoms with Crippen molar-refractivity contribution in [3.63, 3.8) is 0 Å². The number of aliphatic hydroxyl groups is 2. The van der Waals surface area contributed by atoms with Crippen molar-refractivity contribution >= 4 is 5.69 Å². The van der Waals surface area contributed by atoms with Gasteiger partial charge in [-0.1, -0.05) is 6.07 Å². The molecule has 0 fully saturated rings. The molecule has 0 saturated carbocycles. The number of rotatable bonds is 7. The molecule has 4 nitrogen and oxygen atoms in total. The van der Waals surface area contributed by atoms with Crippen LogP contribution in [0.1, 0.15) is 18.6 Å². The van der Waals surface area contributed by atoms with Gasteiger partial charge < -0.3 is 19.8 Å². The number of ether oxygens (including phenoxy) is 1. The zero-order chi connectivity index (χ0) is 13.5. The van der Waals surface area contributed by atoms with Crippen molar-refractivity contribution in [2.24, 2.45) is 0 Å². The minimum absolute atomic E-state index is 0.0422. The van der Waals surface area contributed by atoms with Gasteiger partial charge in [-0.05, 0) is 19.1 Å². The molecular formula is C13H20FNO3. The highest BCUT2D eigenvalue weighted by Crippen LogP contribution is 2.28. The maximum atomic E-state index is 13.7. The molecule has 0 aliphatic carbocycles. The molecule has 0 unspecified atom stereocenters. The smallest absolute Gasteiger partial charge is 0.131 e. The summed E-state index contributed by atoms with van der Waals surface area (Å²) in [6.07, 6.45) is -0.898. The van der Waals surface area contributed by atoms with E-state index in [1.807, 2.05) is 0 Å². The SMILES string of the molecule is COCCN(CCO)c1cccc(F)c1[C@@H](C)O. The first-order valence-corrected chi connectivity index (χ1v) is 5.93. The Morgan fingerprint density at radius 2 is 2.11 bits per heavy atom. The van der Waals surface area contributed by atoms with E-state index in [1.165, 1.54) is 13.0 Å². The van der Waals surface area contributed by atoms with Crippen LogP contribution in [0.15, 0.2) is 18.2 Å². The van der Waals surface area contributed by atoms with Gasteiger partial charge in [0.15, 0.2) is 0 Å². The second-order valence-corrected chi connectivity index (χ2v) is 4.05. The van der Waals surface area contributed by atoms with Gasteiger partial charge in [0.2, 0.25) is 0 Å². The number of hydrogen-bond acceptors (Lipinski definition) is 4. The molecule has 0 heterocycles. The minimum Gasteiger partial charge on any atom is -0.395 e. The Labute approximate surface area is 107 Å². The minimum atomic E-state index is -0.898. The molecule has 5 heteroatoms.